The summed E-state index contributed by atoms with van der Waals surface area (Å²) in [4.78, 5) is 0. The molecule has 0 fully saturated rings. The second kappa shape index (κ2) is 3.79. The van der Waals surface area contributed by atoms with E-state index in [1.54, 1.807) is 10.6 Å². The summed E-state index contributed by atoms with van der Waals surface area (Å²) >= 11 is 5.87. The molecule has 74 valence electrons. The van der Waals surface area contributed by atoms with Crippen molar-refractivity contribution in [2.45, 2.75) is 19.9 Å². The van der Waals surface area contributed by atoms with Gasteiger partial charge >= 0.3 is 0 Å². The Morgan fingerprint density at radius 2 is 2.36 bits per heavy atom. The van der Waals surface area contributed by atoms with Crippen LogP contribution in [0.5, 0.6) is 0 Å². The van der Waals surface area contributed by atoms with Gasteiger partial charge in [0, 0.05) is 12.5 Å². The molecule has 2 aromatic heterocycles. The van der Waals surface area contributed by atoms with Crippen molar-refractivity contribution in [1.29, 1.82) is 0 Å². The minimum Gasteiger partial charge on any atom is -0.364 e. The van der Waals surface area contributed by atoms with Crippen LogP contribution in [0, 0.1) is 0 Å². The van der Waals surface area contributed by atoms with Gasteiger partial charge in [0.1, 0.15) is 17.8 Å². The summed E-state index contributed by atoms with van der Waals surface area (Å²) in [7, 11) is 0. The Balaban J connectivity index is 2.27. The van der Waals surface area contributed by atoms with Crippen molar-refractivity contribution in [3.63, 3.8) is 0 Å². The number of rotatable bonds is 3. The van der Waals surface area contributed by atoms with Crippen LogP contribution >= 0.6 is 11.6 Å². The Labute approximate surface area is 85.7 Å². The van der Waals surface area contributed by atoms with E-state index < -0.39 is 0 Å². The Bertz CT molecular complexity index is 409. The van der Waals surface area contributed by atoms with Crippen LogP contribution in [0.4, 0.5) is 0 Å². The van der Waals surface area contributed by atoms with Gasteiger partial charge in [0.15, 0.2) is 0 Å². The highest BCUT2D eigenvalue weighted by atomic mass is 35.5. The van der Waals surface area contributed by atoms with Crippen LogP contribution in [0.1, 0.15) is 18.4 Å². The average molecular weight is 213 g/mol. The lowest BCUT2D eigenvalue weighted by Gasteiger charge is -2.02. The van der Waals surface area contributed by atoms with Gasteiger partial charge in [0.25, 0.3) is 0 Å². The molecule has 0 amide bonds. The SMILES string of the molecule is CCc1nnc(Cl)n1Cc1ccon1. The monoisotopic (exact) mass is 212 g/mol. The van der Waals surface area contributed by atoms with Crippen molar-refractivity contribution in [2.75, 3.05) is 0 Å². The Hall–Kier alpha value is -1.36. The highest BCUT2D eigenvalue weighted by Crippen LogP contribution is 2.11. The molecule has 0 spiro atoms. The number of aromatic nitrogens is 4. The van der Waals surface area contributed by atoms with Gasteiger partial charge in [-0.05, 0) is 11.6 Å². The normalized spacial score (nSPS) is 10.7. The third kappa shape index (κ3) is 1.63. The lowest BCUT2D eigenvalue weighted by Crippen LogP contribution is -2.04. The molecule has 0 aromatic carbocycles. The Morgan fingerprint density at radius 1 is 1.50 bits per heavy atom. The summed E-state index contributed by atoms with van der Waals surface area (Å²) < 4.78 is 6.53. The second-order valence-corrected chi connectivity index (χ2v) is 3.15. The summed E-state index contributed by atoms with van der Waals surface area (Å²) in [5.74, 6) is 0.845. The molecule has 0 aliphatic rings. The zero-order valence-corrected chi connectivity index (χ0v) is 8.40. The molecule has 2 aromatic rings. The maximum absolute atomic E-state index is 5.87. The molecular formula is C8H9ClN4O. The van der Waals surface area contributed by atoms with Gasteiger partial charge in [-0.1, -0.05) is 12.1 Å². The third-order valence-corrected chi connectivity index (χ3v) is 2.19. The smallest absolute Gasteiger partial charge is 0.225 e. The second-order valence-electron chi connectivity index (χ2n) is 2.82. The number of hydrogen-bond donors (Lipinski definition) is 0. The van der Waals surface area contributed by atoms with E-state index in [1.807, 2.05) is 6.92 Å². The lowest BCUT2D eigenvalue weighted by atomic mass is 10.4. The van der Waals surface area contributed by atoms with Crippen LogP contribution in [0.2, 0.25) is 5.28 Å². The molecule has 0 radical (unpaired) electrons. The number of halogens is 1. The van der Waals surface area contributed by atoms with Gasteiger partial charge in [0.05, 0.1) is 6.54 Å². The molecule has 0 bridgehead atoms. The van der Waals surface area contributed by atoms with E-state index in [1.165, 1.54) is 6.26 Å². The van der Waals surface area contributed by atoms with Crippen LogP contribution in [-0.4, -0.2) is 19.9 Å². The molecule has 0 saturated carbocycles. The molecule has 0 aliphatic heterocycles. The molecule has 2 heterocycles. The van der Waals surface area contributed by atoms with Crippen LogP contribution in [0.15, 0.2) is 16.9 Å². The first-order chi connectivity index (χ1) is 6.81. The minimum absolute atomic E-state index is 0.379. The van der Waals surface area contributed by atoms with E-state index in [2.05, 4.69) is 15.4 Å². The van der Waals surface area contributed by atoms with Crippen molar-refractivity contribution in [3.05, 3.63) is 29.1 Å². The van der Waals surface area contributed by atoms with Crippen molar-refractivity contribution in [1.82, 2.24) is 19.9 Å². The molecule has 14 heavy (non-hydrogen) atoms. The van der Waals surface area contributed by atoms with Crippen LogP contribution in [0.3, 0.4) is 0 Å². The standard InChI is InChI=1S/C8H9ClN4O/c1-2-7-10-11-8(9)13(7)5-6-3-4-14-12-6/h3-4H,2,5H2,1H3. The van der Waals surface area contributed by atoms with Crippen molar-refractivity contribution >= 4 is 11.6 Å². The largest absolute Gasteiger partial charge is 0.364 e. The topological polar surface area (TPSA) is 56.7 Å². The fraction of sp³-hybridized carbons (Fsp3) is 0.375. The maximum atomic E-state index is 5.87. The molecule has 0 atom stereocenters. The summed E-state index contributed by atoms with van der Waals surface area (Å²) in [6, 6.07) is 1.79. The van der Waals surface area contributed by atoms with Gasteiger partial charge in [-0.15, -0.1) is 10.2 Å². The third-order valence-electron chi connectivity index (χ3n) is 1.91. The summed E-state index contributed by atoms with van der Waals surface area (Å²) in [5, 5.41) is 11.9. The van der Waals surface area contributed by atoms with Gasteiger partial charge in [-0.2, -0.15) is 0 Å². The first-order valence-corrected chi connectivity index (χ1v) is 4.66. The predicted octanol–water partition coefficient (Wildman–Crippen LogP) is 1.53. The molecule has 0 unspecified atom stereocenters. The zero-order valence-electron chi connectivity index (χ0n) is 7.64. The van der Waals surface area contributed by atoms with Crippen molar-refractivity contribution in [3.8, 4) is 0 Å². The Kier molecular flexibility index (Phi) is 2.49. The molecule has 0 saturated heterocycles. The Morgan fingerprint density at radius 3 is 3.00 bits per heavy atom. The van der Waals surface area contributed by atoms with E-state index in [9.17, 15) is 0 Å². The van der Waals surface area contributed by atoms with Gasteiger partial charge in [0.2, 0.25) is 5.28 Å². The summed E-state index contributed by atoms with van der Waals surface area (Å²) in [5.41, 5.74) is 0.807. The highest BCUT2D eigenvalue weighted by molar-refractivity contribution is 6.28. The van der Waals surface area contributed by atoms with Crippen LogP contribution < -0.4 is 0 Å². The number of aryl methyl sites for hydroxylation is 1. The van der Waals surface area contributed by atoms with E-state index >= 15 is 0 Å². The fourth-order valence-electron chi connectivity index (χ4n) is 1.21. The molecule has 5 nitrogen and oxygen atoms in total. The average Bonchev–Trinajstić information content (AvgIpc) is 2.79. The predicted molar refractivity (Wildman–Crippen MR) is 50.0 cm³/mol. The summed E-state index contributed by atoms with van der Waals surface area (Å²) in [6.07, 6.45) is 2.32. The number of hydrogen-bond acceptors (Lipinski definition) is 4. The minimum atomic E-state index is 0.379. The lowest BCUT2D eigenvalue weighted by molar-refractivity contribution is 0.409. The summed E-state index contributed by atoms with van der Waals surface area (Å²) in [6.45, 7) is 2.55. The molecular weight excluding hydrogens is 204 g/mol. The van der Waals surface area contributed by atoms with Crippen molar-refractivity contribution < 1.29 is 4.52 Å². The van der Waals surface area contributed by atoms with Crippen molar-refractivity contribution in [2.24, 2.45) is 0 Å². The molecule has 6 heteroatoms. The van der Waals surface area contributed by atoms with Gasteiger partial charge in [-0.25, -0.2) is 0 Å². The maximum Gasteiger partial charge on any atom is 0.225 e. The van der Waals surface area contributed by atoms with Crippen LogP contribution in [-0.2, 0) is 13.0 Å². The zero-order chi connectivity index (χ0) is 9.97. The van der Waals surface area contributed by atoms with E-state index in [0.717, 1.165) is 17.9 Å². The number of nitrogens with zero attached hydrogens (tertiary/aromatic N) is 4. The van der Waals surface area contributed by atoms with E-state index in [4.69, 9.17) is 16.1 Å². The van der Waals surface area contributed by atoms with Gasteiger partial charge < -0.3 is 4.52 Å². The highest BCUT2D eigenvalue weighted by Gasteiger charge is 2.09. The first-order valence-electron chi connectivity index (χ1n) is 4.28. The fourth-order valence-corrected chi connectivity index (χ4v) is 1.41. The van der Waals surface area contributed by atoms with Crippen LogP contribution in [0.25, 0.3) is 0 Å². The first kappa shape index (κ1) is 9.21. The molecule has 2 rings (SSSR count). The van der Waals surface area contributed by atoms with E-state index in [0.29, 0.717) is 11.8 Å². The molecule has 0 aliphatic carbocycles. The van der Waals surface area contributed by atoms with Gasteiger partial charge in [-0.3, -0.25) is 4.57 Å². The van der Waals surface area contributed by atoms with E-state index in [-0.39, 0.29) is 0 Å². The quantitative estimate of drug-likeness (QED) is 0.774. The molecule has 0 N–H and O–H groups in total.